The van der Waals surface area contributed by atoms with Gasteiger partial charge in [-0.05, 0) is 43.2 Å². The van der Waals surface area contributed by atoms with Crippen molar-refractivity contribution in [2.45, 2.75) is 13.8 Å². The Kier molecular flexibility index (Phi) is 5.86. The van der Waals surface area contributed by atoms with Crippen LogP contribution in [0, 0.1) is 13.8 Å². The third-order valence-electron chi connectivity index (χ3n) is 3.79. The SMILES string of the molecule is Cc1cccc(NC(=O)CN(C)C(=O)c2cccc(Cl)c2Cl)c1C. The van der Waals surface area contributed by atoms with Crippen LogP contribution in [-0.4, -0.2) is 30.3 Å². The molecular weight excluding hydrogens is 347 g/mol. The van der Waals surface area contributed by atoms with Gasteiger partial charge in [-0.25, -0.2) is 0 Å². The molecule has 0 aliphatic heterocycles. The highest BCUT2D eigenvalue weighted by atomic mass is 35.5. The topological polar surface area (TPSA) is 49.4 Å². The number of hydrogen-bond acceptors (Lipinski definition) is 2. The fourth-order valence-corrected chi connectivity index (χ4v) is 2.62. The zero-order chi connectivity index (χ0) is 17.9. The van der Waals surface area contributed by atoms with Gasteiger partial charge in [-0.1, -0.05) is 41.4 Å². The number of nitrogens with zero attached hydrogens (tertiary/aromatic N) is 1. The number of aryl methyl sites for hydroxylation is 1. The van der Waals surface area contributed by atoms with Crippen molar-refractivity contribution in [3.63, 3.8) is 0 Å². The summed E-state index contributed by atoms with van der Waals surface area (Å²) in [6.07, 6.45) is 0. The van der Waals surface area contributed by atoms with Crippen LogP contribution in [0.3, 0.4) is 0 Å². The Balaban J connectivity index is 2.07. The third-order valence-corrected chi connectivity index (χ3v) is 4.61. The van der Waals surface area contributed by atoms with Crippen molar-refractivity contribution >= 4 is 40.7 Å². The second kappa shape index (κ2) is 7.69. The van der Waals surface area contributed by atoms with Crippen LogP contribution in [0.1, 0.15) is 21.5 Å². The molecule has 2 aromatic rings. The minimum atomic E-state index is -0.362. The first-order valence-corrected chi connectivity index (χ1v) is 8.12. The first-order valence-electron chi connectivity index (χ1n) is 7.36. The molecule has 126 valence electrons. The van der Waals surface area contributed by atoms with E-state index < -0.39 is 0 Å². The van der Waals surface area contributed by atoms with Gasteiger partial charge in [0.2, 0.25) is 5.91 Å². The van der Waals surface area contributed by atoms with Crippen molar-refractivity contribution < 1.29 is 9.59 Å². The number of nitrogens with one attached hydrogen (secondary N) is 1. The summed E-state index contributed by atoms with van der Waals surface area (Å²) >= 11 is 12.0. The maximum absolute atomic E-state index is 12.4. The number of rotatable bonds is 4. The van der Waals surface area contributed by atoms with Gasteiger partial charge in [0.05, 0.1) is 22.2 Å². The van der Waals surface area contributed by atoms with Crippen LogP contribution in [-0.2, 0) is 4.79 Å². The van der Waals surface area contributed by atoms with Crippen molar-refractivity contribution in [3.05, 3.63) is 63.1 Å². The monoisotopic (exact) mass is 364 g/mol. The molecule has 0 unspecified atom stereocenters. The number of halogens is 2. The molecule has 0 saturated heterocycles. The Bertz CT molecular complexity index is 791. The van der Waals surface area contributed by atoms with E-state index in [2.05, 4.69) is 5.32 Å². The minimum Gasteiger partial charge on any atom is -0.332 e. The Morgan fingerprint density at radius 1 is 1.08 bits per heavy atom. The quantitative estimate of drug-likeness (QED) is 0.877. The van der Waals surface area contributed by atoms with Gasteiger partial charge in [-0.2, -0.15) is 0 Å². The zero-order valence-corrected chi connectivity index (χ0v) is 15.2. The highest BCUT2D eigenvalue weighted by Gasteiger charge is 2.19. The van der Waals surface area contributed by atoms with Crippen molar-refractivity contribution in [3.8, 4) is 0 Å². The Morgan fingerprint density at radius 2 is 1.75 bits per heavy atom. The van der Waals surface area contributed by atoms with Crippen LogP contribution >= 0.6 is 23.2 Å². The van der Waals surface area contributed by atoms with Gasteiger partial charge < -0.3 is 10.2 Å². The van der Waals surface area contributed by atoms with Gasteiger partial charge >= 0.3 is 0 Å². The average molecular weight is 365 g/mol. The van der Waals surface area contributed by atoms with Gasteiger partial charge in [0.25, 0.3) is 5.91 Å². The van der Waals surface area contributed by atoms with E-state index in [9.17, 15) is 9.59 Å². The van der Waals surface area contributed by atoms with E-state index >= 15 is 0 Å². The molecule has 0 spiro atoms. The highest BCUT2D eigenvalue weighted by molar-refractivity contribution is 6.43. The normalized spacial score (nSPS) is 10.4. The molecule has 24 heavy (non-hydrogen) atoms. The zero-order valence-electron chi connectivity index (χ0n) is 13.7. The molecule has 2 aromatic carbocycles. The standard InChI is InChI=1S/C18H18Cl2N2O2/c1-11-6-4-9-15(12(11)2)21-16(23)10-22(3)18(24)13-7-5-8-14(19)17(13)20/h4-9H,10H2,1-3H3,(H,21,23). The van der Waals surface area contributed by atoms with Crippen LogP contribution in [0.4, 0.5) is 5.69 Å². The van der Waals surface area contributed by atoms with E-state index in [1.165, 1.54) is 4.90 Å². The summed E-state index contributed by atoms with van der Waals surface area (Å²) in [5.41, 5.74) is 3.09. The largest absolute Gasteiger partial charge is 0.332 e. The molecule has 0 atom stereocenters. The second-order valence-electron chi connectivity index (χ2n) is 5.56. The molecule has 0 radical (unpaired) electrons. The Morgan fingerprint density at radius 3 is 2.46 bits per heavy atom. The molecule has 0 aliphatic carbocycles. The lowest BCUT2D eigenvalue weighted by atomic mass is 10.1. The number of benzene rings is 2. The van der Waals surface area contributed by atoms with Gasteiger partial charge in [-0.15, -0.1) is 0 Å². The summed E-state index contributed by atoms with van der Waals surface area (Å²) in [7, 11) is 1.54. The first kappa shape index (κ1) is 18.3. The molecule has 6 heteroatoms. The Hall–Kier alpha value is -2.04. The number of carbonyl (C=O) groups is 2. The van der Waals surface area contributed by atoms with Crippen LogP contribution in [0.25, 0.3) is 0 Å². The third kappa shape index (κ3) is 4.08. The van der Waals surface area contributed by atoms with Crippen LogP contribution in [0.5, 0.6) is 0 Å². The summed E-state index contributed by atoms with van der Waals surface area (Å²) in [6.45, 7) is 3.82. The molecule has 0 aromatic heterocycles. The Labute approximate surface area is 151 Å². The first-order chi connectivity index (χ1) is 11.3. The average Bonchev–Trinajstić information content (AvgIpc) is 2.53. The summed E-state index contributed by atoms with van der Waals surface area (Å²) < 4.78 is 0. The molecule has 4 nitrogen and oxygen atoms in total. The summed E-state index contributed by atoms with van der Waals surface area (Å²) in [4.78, 5) is 25.9. The van der Waals surface area contributed by atoms with Crippen LogP contribution < -0.4 is 5.32 Å². The number of likely N-dealkylation sites (N-methyl/N-ethyl adjacent to an activating group) is 1. The smallest absolute Gasteiger partial charge is 0.255 e. The van der Waals surface area contributed by atoms with Crippen molar-refractivity contribution in [1.29, 1.82) is 0 Å². The molecule has 2 rings (SSSR count). The summed E-state index contributed by atoms with van der Waals surface area (Å²) in [5.74, 6) is -0.642. The molecule has 0 heterocycles. The van der Waals surface area contributed by atoms with Crippen LogP contribution in [0.15, 0.2) is 36.4 Å². The lowest BCUT2D eigenvalue weighted by Gasteiger charge is -2.18. The molecule has 0 saturated carbocycles. The van der Waals surface area contributed by atoms with Gasteiger partial charge in [-0.3, -0.25) is 9.59 Å². The molecule has 1 N–H and O–H groups in total. The number of hydrogen-bond donors (Lipinski definition) is 1. The number of amides is 2. The van der Waals surface area contributed by atoms with E-state index in [0.29, 0.717) is 5.02 Å². The van der Waals surface area contributed by atoms with Gasteiger partial charge in [0, 0.05) is 12.7 Å². The molecular formula is C18H18Cl2N2O2. The fourth-order valence-electron chi connectivity index (χ4n) is 2.24. The fraction of sp³-hybridized carbons (Fsp3) is 0.222. The lowest BCUT2D eigenvalue weighted by Crippen LogP contribution is -2.35. The lowest BCUT2D eigenvalue weighted by molar-refractivity contribution is -0.116. The van der Waals surface area contributed by atoms with E-state index in [1.54, 1.807) is 25.2 Å². The minimum absolute atomic E-state index is 0.0882. The van der Waals surface area contributed by atoms with E-state index in [4.69, 9.17) is 23.2 Å². The summed E-state index contributed by atoms with van der Waals surface area (Å²) in [6, 6.07) is 10.5. The van der Waals surface area contributed by atoms with Gasteiger partial charge in [0.1, 0.15) is 0 Å². The predicted octanol–water partition coefficient (Wildman–Crippen LogP) is 4.32. The molecule has 0 aliphatic rings. The van der Waals surface area contributed by atoms with Crippen molar-refractivity contribution in [2.24, 2.45) is 0 Å². The predicted molar refractivity (Wildman–Crippen MR) is 98.0 cm³/mol. The highest BCUT2D eigenvalue weighted by Crippen LogP contribution is 2.26. The van der Waals surface area contributed by atoms with Crippen molar-refractivity contribution in [1.82, 2.24) is 4.90 Å². The maximum atomic E-state index is 12.4. The molecule has 0 bridgehead atoms. The van der Waals surface area contributed by atoms with E-state index in [1.807, 2.05) is 32.0 Å². The van der Waals surface area contributed by atoms with E-state index in [-0.39, 0.29) is 28.9 Å². The summed E-state index contributed by atoms with van der Waals surface area (Å²) in [5, 5.41) is 3.31. The second-order valence-corrected chi connectivity index (χ2v) is 6.34. The number of anilines is 1. The molecule has 0 fully saturated rings. The number of carbonyl (C=O) groups excluding carboxylic acids is 2. The molecule has 2 amide bonds. The van der Waals surface area contributed by atoms with Gasteiger partial charge in [0.15, 0.2) is 0 Å². The van der Waals surface area contributed by atoms with Crippen LogP contribution in [0.2, 0.25) is 10.0 Å². The van der Waals surface area contributed by atoms with E-state index in [0.717, 1.165) is 16.8 Å². The van der Waals surface area contributed by atoms with Crippen molar-refractivity contribution in [2.75, 3.05) is 18.9 Å². The maximum Gasteiger partial charge on any atom is 0.255 e.